The van der Waals surface area contributed by atoms with Gasteiger partial charge in [-0.1, -0.05) is 0 Å². The molecule has 0 atom stereocenters. The smallest absolute Gasteiger partial charge is 0.0574 e. The Morgan fingerprint density at radius 1 is 1.17 bits per heavy atom. The van der Waals surface area contributed by atoms with E-state index < -0.39 is 0 Å². The summed E-state index contributed by atoms with van der Waals surface area (Å²) in [5.41, 5.74) is 10.1. The second-order valence-electron chi connectivity index (χ2n) is 2.77. The highest BCUT2D eigenvalue weighted by Crippen LogP contribution is 2.21. The van der Waals surface area contributed by atoms with Crippen LogP contribution in [0.15, 0.2) is 12.1 Å². The number of nitrogens with two attached hydrogens (primary N) is 1. The van der Waals surface area contributed by atoms with Gasteiger partial charge < -0.3 is 11.1 Å². The Bertz CT molecular complexity index is 271. The van der Waals surface area contributed by atoms with Crippen LogP contribution < -0.4 is 11.1 Å². The molecule has 3 heteroatoms. The van der Waals surface area contributed by atoms with E-state index in [0.29, 0.717) is 0 Å². The number of anilines is 2. The Morgan fingerprint density at radius 3 is 2.17 bits per heavy atom. The highest BCUT2D eigenvalue weighted by atomic mass is 35.5. The number of nitrogens with one attached hydrogen (secondary N) is 1. The topological polar surface area (TPSA) is 38.0 Å². The molecule has 0 saturated carbocycles. The van der Waals surface area contributed by atoms with Gasteiger partial charge in [0.1, 0.15) is 0 Å². The normalized spacial score (nSPS) is 8.92. The number of benzene rings is 1. The summed E-state index contributed by atoms with van der Waals surface area (Å²) in [5.74, 6) is 0. The summed E-state index contributed by atoms with van der Waals surface area (Å²) in [6.45, 7) is 4.14. The molecule has 0 saturated heterocycles. The van der Waals surface area contributed by atoms with Gasteiger partial charge in [-0.25, -0.2) is 0 Å². The molecule has 0 spiro atoms. The average Bonchev–Trinajstić information content (AvgIpc) is 1.97. The number of hydrogen-bond acceptors (Lipinski definition) is 2. The Morgan fingerprint density at radius 2 is 1.67 bits per heavy atom. The Labute approximate surface area is 79.6 Å². The summed E-state index contributed by atoms with van der Waals surface area (Å²) < 4.78 is 0. The van der Waals surface area contributed by atoms with Crippen molar-refractivity contribution in [1.29, 1.82) is 0 Å². The lowest BCUT2D eigenvalue weighted by Crippen LogP contribution is -1.97. The van der Waals surface area contributed by atoms with Crippen molar-refractivity contribution < 1.29 is 0 Å². The van der Waals surface area contributed by atoms with Crippen molar-refractivity contribution in [2.24, 2.45) is 0 Å². The van der Waals surface area contributed by atoms with Crippen LogP contribution in [-0.4, -0.2) is 7.05 Å². The minimum atomic E-state index is 0. The zero-order valence-electron chi connectivity index (χ0n) is 7.64. The van der Waals surface area contributed by atoms with Crippen LogP contribution in [0.25, 0.3) is 0 Å². The standard InChI is InChI=1S/C9H14N2.ClH/c1-6-4-8(10)9(11-3)5-7(6)2;/h4-5,11H,10H2,1-3H3;1H. The number of aryl methyl sites for hydroxylation is 2. The van der Waals surface area contributed by atoms with Crippen molar-refractivity contribution in [3.63, 3.8) is 0 Å². The quantitative estimate of drug-likeness (QED) is 0.661. The molecule has 0 radical (unpaired) electrons. The van der Waals surface area contributed by atoms with Crippen LogP contribution in [0.2, 0.25) is 0 Å². The molecule has 0 unspecified atom stereocenters. The van der Waals surface area contributed by atoms with Crippen molar-refractivity contribution in [3.8, 4) is 0 Å². The van der Waals surface area contributed by atoms with E-state index in [1.807, 2.05) is 13.1 Å². The summed E-state index contributed by atoms with van der Waals surface area (Å²) in [6, 6.07) is 4.05. The van der Waals surface area contributed by atoms with Crippen LogP contribution in [-0.2, 0) is 0 Å². The number of halogens is 1. The van der Waals surface area contributed by atoms with E-state index in [2.05, 4.69) is 25.2 Å². The Hall–Kier alpha value is -0.890. The van der Waals surface area contributed by atoms with E-state index in [1.54, 1.807) is 0 Å². The van der Waals surface area contributed by atoms with Crippen molar-refractivity contribution in [3.05, 3.63) is 23.3 Å². The van der Waals surface area contributed by atoms with E-state index in [9.17, 15) is 0 Å². The molecule has 12 heavy (non-hydrogen) atoms. The fraction of sp³-hybridized carbons (Fsp3) is 0.333. The van der Waals surface area contributed by atoms with Gasteiger partial charge in [-0.2, -0.15) is 0 Å². The lowest BCUT2D eigenvalue weighted by atomic mass is 10.1. The molecule has 0 aliphatic rings. The van der Waals surface area contributed by atoms with Crippen molar-refractivity contribution in [2.75, 3.05) is 18.1 Å². The maximum absolute atomic E-state index is 5.74. The zero-order chi connectivity index (χ0) is 8.43. The lowest BCUT2D eigenvalue weighted by Gasteiger charge is -2.07. The number of rotatable bonds is 1. The molecule has 68 valence electrons. The van der Waals surface area contributed by atoms with Gasteiger partial charge in [-0.15, -0.1) is 12.4 Å². The molecule has 0 amide bonds. The third kappa shape index (κ3) is 2.05. The first kappa shape index (κ1) is 11.1. The van der Waals surface area contributed by atoms with Crippen molar-refractivity contribution >= 4 is 23.8 Å². The SMILES string of the molecule is CNc1cc(C)c(C)cc1N.Cl. The summed E-state index contributed by atoms with van der Waals surface area (Å²) in [7, 11) is 1.88. The summed E-state index contributed by atoms with van der Waals surface area (Å²) >= 11 is 0. The molecule has 3 N–H and O–H groups in total. The third-order valence-corrected chi connectivity index (χ3v) is 1.94. The molecule has 0 fully saturated rings. The number of nitrogen functional groups attached to an aromatic ring is 1. The molecule has 0 bridgehead atoms. The largest absolute Gasteiger partial charge is 0.397 e. The van der Waals surface area contributed by atoms with Gasteiger partial charge in [-0.05, 0) is 37.1 Å². The second-order valence-corrected chi connectivity index (χ2v) is 2.77. The van der Waals surface area contributed by atoms with Crippen LogP contribution in [0.4, 0.5) is 11.4 Å². The van der Waals surface area contributed by atoms with Gasteiger partial charge in [0.25, 0.3) is 0 Å². The zero-order valence-corrected chi connectivity index (χ0v) is 8.46. The van der Waals surface area contributed by atoms with Crippen LogP contribution in [0.3, 0.4) is 0 Å². The predicted octanol–water partition coefficient (Wildman–Crippen LogP) is 2.35. The fourth-order valence-electron chi connectivity index (χ4n) is 1.06. The van der Waals surface area contributed by atoms with Crippen LogP contribution in [0.1, 0.15) is 11.1 Å². The Kier molecular flexibility index (Phi) is 3.90. The maximum Gasteiger partial charge on any atom is 0.0574 e. The van der Waals surface area contributed by atoms with E-state index in [0.717, 1.165) is 11.4 Å². The molecule has 1 aromatic carbocycles. The number of hydrogen-bond donors (Lipinski definition) is 2. The lowest BCUT2D eigenvalue weighted by molar-refractivity contribution is 1.33. The molecule has 0 aliphatic heterocycles. The minimum Gasteiger partial charge on any atom is -0.397 e. The first-order chi connectivity index (χ1) is 5.15. The average molecular weight is 187 g/mol. The van der Waals surface area contributed by atoms with Gasteiger partial charge >= 0.3 is 0 Å². The minimum absolute atomic E-state index is 0. The maximum atomic E-state index is 5.74. The van der Waals surface area contributed by atoms with Gasteiger partial charge in [0.05, 0.1) is 11.4 Å². The predicted molar refractivity (Wildman–Crippen MR) is 57.1 cm³/mol. The molecule has 1 aromatic rings. The first-order valence-corrected chi connectivity index (χ1v) is 3.69. The molecular weight excluding hydrogens is 172 g/mol. The van der Waals surface area contributed by atoms with E-state index in [-0.39, 0.29) is 12.4 Å². The first-order valence-electron chi connectivity index (χ1n) is 3.69. The van der Waals surface area contributed by atoms with E-state index in [1.165, 1.54) is 11.1 Å². The highest BCUT2D eigenvalue weighted by molar-refractivity contribution is 5.85. The van der Waals surface area contributed by atoms with Crippen LogP contribution >= 0.6 is 12.4 Å². The van der Waals surface area contributed by atoms with E-state index >= 15 is 0 Å². The fourth-order valence-corrected chi connectivity index (χ4v) is 1.06. The monoisotopic (exact) mass is 186 g/mol. The van der Waals surface area contributed by atoms with Gasteiger partial charge in [0.2, 0.25) is 0 Å². The molecule has 0 heterocycles. The van der Waals surface area contributed by atoms with Crippen LogP contribution in [0, 0.1) is 13.8 Å². The van der Waals surface area contributed by atoms with Crippen LogP contribution in [0.5, 0.6) is 0 Å². The van der Waals surface area contributed by atoms with Gasteiger partial charge in [0.15, 0.2) is 0 Å². The van der Waals surface area contributed by atoms with Crippen molar-refractivity contribution in [2.45, 2.75) is 13.8 Å². The molecule has 2 nitrogen and oxygen atoms in total. The van der Waals surface area contributed by atoms with E-state index in [4.69, 9.17) is 5.73 Å². The third-order valence-electron chi connectivity index (χ3n) is 1.94. The van der Waals surface area contributed by atoms with Gasteiger partial charge in [-0.3, -0.25) is 0 Å². The highest BCUT2D eigenvalue weighted by Gasteiger charge is 1.98. The summed E-state index contributed by atoms with van der Waals surface area (Å²) in [4.78, 5) is 0. The second kappa shape index (κ2) is 4.21. The summed E-state index contributed by atoms with van der Waals surface area (Å²) in [5, 5.41) is 3.04. The Balaban J connectivity index is 0.00000121. The van der Waals surface area contributed by atoms with Gasteiger partial charge in [0, 0.05) is 7.05 Å². The molecule has 0 aromatic heterocycles. The molecular formula is C9H15ClN2. The summed E-state index contributed by atoms with van der Waals surface area (Å²) in [6.07, 6.45) is 0. The molecule has 1 rings (SSSR count). The molecule has 0 aliphatic carbocycles. The van der Waals surface area contributed by atoms with Crippen molar-refractivity contribution in [1.82, 2.24) is 0 Å².